The molecule has 0 atom stereocenters. The van der Waals surface area contributed by atoms with E-state index in [0.29, 0.717) is 55.8 Å². The van der Waals surface area contributed by atoms with Crippen molar-refractivity contribution in [1.82, 2.24) is 25.8 Å². The maximum atomic E-state index is 12.6. The van der Waals surface area contributed by atoms with Gasteiger partial charge >= 0.3 is 6.18 Å². The van der Waals surface area contributed by atoms with Crippen molar-refractivity contribution >= 4 is 29.9 Å². The summed E-state index contributed by atoms with van der Waals surface area (Å²) in [6, 6.07) is 8.75. The second kappa shape index (κ2) is 11.7. The maximum Gasteiger partial charge on any atom is 0.416 e. The van der Waals surface area contributed by atoms with Crippen LogP contribution in [0.2, 0.25) is 0 Å². The molecular formula is C20H24F3IN6O. The average molecular weight is 548 g/mol. The third-order valence-electron chi connectivity index (χ3n) is 4.22. The second-order valence-electron chi connectivity index (χ2n) is 6.47. The molecule has 3 N–H and O–H groups in total. The SMILES string of the molecule is CCNC(=NCCc1nc(-c2ccco2)n[nH]1)NCCc1ccc(C(F)(F)F)cc1.I. The van der Waals surface area contributed by atoms with Crippen molar-refractivity contribution in [1.29, 1.82) is 0 Å². The van der Waals surface area contributed by atoms with Crippen molar-refractivity contribution in [2.75, 3.05) is 19.6 Å². The van der Waals surface area contributed by atoms with Gasteiger partial charge in [-0.2, -0.15) is 18.3 Å². The highest BCUT2D eigenvalue weighted by Crippen LogP contribution is 2.29. The third kappa shape index (κ3) is 7.56. The Balaban J connectivity index is 0.00000341. The summed E-state index contributed by atoms with van der Waals surface area (Å²) in [5, 5.41) is 13.3. The topological polar surface area (TPSA) is 91.1 Å². The highest BCUT2D eigenvalue weighted by Gasteiger charge is 2.29. The number of alkyl halides is 3. The van der Waals surface area contributed by atoms with Gasteiger partial charge in [0.15, 0.2) is 11.7 Å². The van der Waals surface area contributed by atoms with Crippen molar-refractivity contribution in [2.24, 2.45) is 4.99 Å². The molecule has 0 bridgehead atoms. The van der Waals surface area contributed by atoms with Gasteiger partial charge in [-0.25, -0.2) is 4.98 Å². The fourth-order valence-corrected chi connectivity index (χ4v) is 2.72. The van der Waals surface area contributed by atoms with Gasteiger partial charge in [-0.15, -0.1) is 24.0 Å². The number of nitrogens with zero attached hydrogens (tertiary/aromatic N) is 3. The number of aromatic nitrogens is 3. The van der Waals surface area contributed by atoms with E-state index < -0.39 is 11.7 Å². The van der Waals surface area contributed by atoms with Gasteiger partial charge in [0.1, 0.15) is 5.82 Å². The molecule has 0 amide bonds. The predicted octanol–water partition coefficient (Wildman–Crippen LogP) is 4.04. The Morgan fingerprint density at radius 3 is 2.55 bits per heavy atom. The number of halogens is 4. The smallest absolute Gasteiger partial charge is 0.416 e. The lowest BCUT2D eigenvalue weighted by Crippen LogP contribution is -2.38. The number of aromatic amines is 1. The molecule has 2 aromatic heterocycles. The largest absolute Gasteiger partial charge is 0.461 e. The minimum Gasteiger partial charge on any atom is -0.461 e. The lowest BCUT2D eigenvalue weighted by Gasteiger charge is -2.12. The number of H-pyrrole nitrogens is 1. The van der Waals surface area contributed by atoms with Crippen molar-refractivity contribution in [3.8, 4) is 11.6 Å². The molecule has 2 heterocycles. The summed E-state index contributed by atoms with van der Waals surface area (Å²) >= 11 is 0. The molecule has 31 heavy (non-hydrogen) atoms. The molecule has 3 aromatic rings. The molecule has 0 spiro atoms. The Bertz CT molecular complexity index is 939. The Labute approximate surface area is 195 Å². The van der Waals surface area contributed by atoms with Crippen molar-refractivity contribution in [2.45, 2.75) is 25.9 Å². The molecule has 0 aliphatic rings. The molecule has 0 fully saturated rings. The molecule has 1 aromatic carbocycles. The number of furan rings is 1. The van der Waals surface area contributed by atoms with E-state index >= 15 is 0 Å². The van der Waals surface area contributed by atoms with E-state index in [4.69, 9.17) is 4.42 Å². The van der Waals surface area contributed by atoms with Crippen molar-refractivity contribution < 1.29 is 17.6 Å². The van der Waals surface area contributed by atoms with Crippen LogP contribution in [0.3, 0.4) is 0 Å². The Morgan fingerprint density at radius 2 is 1.90 bits per heavy atom. The van der Waals surface area contributed by atoms with Crippen LogP contribution < -0.4 is 10.6 Å². The predicted molar refractivity (Wildman–Crippen MR) is 122 cm³/mol. The first-order valence-electron chi connectivity index (χ1n) is 9.59. The van der Waals surface area contributed by atoms with Crippen LogP contribution in [0.15, 0.2) is 52.1 Å². The van der Waals surface area contributed by atoms with Crippen LogP contribution in [0.5, 0.6) is 0 Å². The average Bonchev–Trinajstić information content (AvgIpc) is 3.39. The quantitative estimate of drug-likeness (QED) is 0.225. The summed E-state index contributed by atoms with van der Waals surface area (Å²) in [5.74, 6) is 2.43. The van der Waals surface area contributed by atoms with Crippen LogP contribution in [0.25, 0.3) is 11.6 Å². The number of rotatable bonds is 8. The van der Waals surface area contributed by atoms with Gasteiger partial charge in [-0.3, -0.25) is 10.1 Å². The Hall–Kier alpha value is -2.57. The van der Waals surface area contributed by atoms with Gasteiger partial charge in [-0.1, -0.05) is 12.1 Å². The number of nitrogens with one attached hydrogen (secondary N) is 3. The minimum absolute atomic E-state index is 0. The number of guanidine groups is 1. The monoisotopic (exact) mass is 548 g/mol. The van der Waals surface area contributed by atoms with E-state index in [-0.39, 0.29) is 24.0 Å². The van der Waals surface area contributed by atoms with E-state index in [0.717, 1.165) is 17.7 Å². The van der Waals surface area contributed by atoms with Gasteiger partial charge < -0.3 is 15.1 Å². The zero-order chi connectivity index (χ0) is 21.4. The Kier molecular flexibility index (Phi) is 9.34. The molecule has 0 saturated heterocycles. The first kappa shape index (κ1) is 24.7. The van der Waals surface area contributed by atoms with E-state index in [9.17, 15) is 13.2 Å². The molecule has 168 valence electrons. The number of benzene rings is 1. The first-order valence-corrected chi connectivity index (χ1v) is 9.59. The van der Waals surface area contributed by atoms with E-state index in [2.05, 4.69) is 30.8 Å². The van der Waals surface area contributed by atoms with Crippen molar-refractivity contribution in [3.05, 3.63) is 59.6 Å². The molecule has 0 unspecified atom stereocenters. The molecule has 3 rings (SSSR count). The number of hydrogen-bond donors (Lipinski definition) is 3. The fraction of sp³-hybridized carbons (Fsp3) is 0.350. The number of aliphatic imine (C=N–C) groups is 1. The molecule has 0 saturated carbocycles. The highest BCUT2D eigenvalue weighted by molar-refractivity contribution is 14.0. The minimum atomic E-state index is -4.32. The van der Waals surface area contributed by atoms with Gasteiger partial charge in [0.2, 0.25) is 5.82 Å². The van der Waals surface area contributed by atoms with Crippen LogP contribution in [0.1, 0.15) is 23.9 Å². The summed E-state index contributed by atoms with van der Waals surface area (Å²) < 4.78 is 43.1. The second-order valence-corrected chi connectivity index (χ2v) is 6.47. The van der Waals surface area contributed by atoms with Crippen LogP contribution in [0, 0.1) is 0 Å². The molecular weight excluding hydrogens is 524 g/mol. The van der Waals surface area contributed by atoms with Crippen molar-refractivity contribution in [3.63, 3.8) is 0 Å². The molecule has 0 aliphatic heterocycles. The fourth-order valence-electron chi connectivity index (χ4n) is 2.72. The lowest BCUT2D eigenvalue weighted by atomic mass is 10.1. The Morgan fingerprint density at radius 1 is 1.13 bits per heavy atom. The van der Waals surface area contributed by atoms with Gasteiger partial charge in [0, 0.05) is 26.1 Å². The molecule has 0 radical (unpaired) electrons. The lowest BCUT2D eigenvalue weighted by molar-refractivity contribution is -0.137. The zero-order valence-corrected chi connectivity index (χ0v) is 19.2. The van der Waals surface area contributed by atoms with Crippen LogP contribution in [-0.4, -0.2) is 40.8 Å². The van der Waals surface area contributed by atoms with Crippen LogP contribution >= 0.6 is 24.0 Å². The number of hydrogen-bond acceptors (Lipinski definition) is 4. The zero-order valence-electron chi connectivity index (χ0n) is 16.9. The first-order chi connectivity index (χ1) is 14.5. The van der Waals surface area contributed by atoms with Crippen LogP contribution in [0.4, 0.5) is 13.2 Å². The van der Waals surface area contributed by atoms with Gasteiger partial charge in [-0.05, 0) is 43.2 Å². The van der Waals surface area contributed by atoms with Gasteiger partial charge in [0.25, 0.3) is 0 Å². The summed E-state index contributed by atoms with van der Waals surface area (Å²) in [6.07, 6.45) is -1.60. The summed E-state index contributed by atoms with van der Waals surface area (Å²) in [5.41, 5.74) is 0.176. The van der Waals surface area contributed by atoms with E-state index in [1.807, 2.05) is 6.92 Å². The third-order valence-corrected chi connectivity index (χ3v) is 4.22. The van der Waals surface area contributed by atoms with Crippen LogP contribution in [-0.2, 0) is 19.0 Å². The normalized spacial score (nSPS) is 11.8. The van der Waals surface area contributed by atoms with E-state index in [1.165, 1.54) is 12.1 Å². The highest BCUT2D eigenvalue weighted by atomic mass is 127. The summed E-state index contributed by atoms with van der Waals surface area (Å²) in [4.78, 5) is 8.86. The standard InChI is InChI=1S/C20H23F3N6O.HI/c1-2-24-19(25-11-9-14-5-7-15(8-6-14)20(21,22)23)26-12-10-17-27-18(29-28-17)16-4-3-13-30-16;/h3-8,13H,2,9-12H2,1H3,(H2,24,25,26)(H,27,28,29);1H. The van der Waals surface area contributed by atoms with E-state index in [1.54, 1.807) is 18.4 Å². The molecule has 0 aliphatic carbocycles. The maximum absolute atomic E-state index is 12.6. The summed E-state index contributed by atoms with van der Waals surface area (Å²) in [6.45, 7) is 3.68. The summed E-state index contributed by atoms with van der Waals surface area (Å²) in [7, 11) is 0. The molecule has 7 nitrogen and oxygen atoms in total. The molecule has 11 heteroatoms. The van der Waals surface area contributed by atoms with Gasteiger partial charge in [0.05, 0.1) is 11.8 Å².